The van der Waals surface area contributed by atoms with Crippen LogP contribution in [0.4, 0.5) is 0 Å². The first kappa shape index (κ1) is 14.8. The molecule has 24 heavy (non-hydrogen) atoms. The van der Waals surface area contributed by atoms with E-state index in [1.54, 1.807) is 18.3 Å². The summed E-state index contributed by atoms with van der Waals surface area (Å²) in [6.45, 7) is 0. The van der Waals surface area contributed by atoms with Gasteiger partial charge in [0.05, 0.1) is 0 Å². The second-order valence-corrected chi connectivity index (χ2v) is 6.25. The highest BCUT2D eigenvalue weighted by Gasteiger charge is 2.44. The van der Waals surface area contributed by atoms with Crippen LogP contribution in [0.1, 0.15) is 36.0 Å². The van der Waals surface area contributed by atoms with Gasteiger partial charge in [0.15, 0.2) is 5.66 Å². The number of hydrogen-bond acceptors (Lipinski definition) is 5. The molecule has 1 saturated carbocycles. The van der Waals surface area contributed by atoms with E-state index in [-0.39, 0.29) is 17.6 Å². The van der Waals surface area contributed by atoms with Crippen molar-refractivity contribution in [3.63, 3.8) is 0 Å². The lowest BCUT2D eigenvalue weighted by Crippen LogP contribution is -2.40. The number of nitrogens with one attached hydrogen (secondary N) is 1. The van der Waals surface area contributed by atoms with Crippen LogP contribution in [0.2, 0.25) is 0 Å². The summed E-state index contributed by atoms with van der Waals surface area (Å²) in [5.41, 5.74) is 0.343. The highest BCUT2D eigenvalue weighted by Crippen LogP contribution is 2.42. The molecule has 1 atom stereocenters. The summed E-state index contributed by atoms with van der Waals surface area (Å²) in [5.74, 6) is 0.980. The number of ether oxygens (including phenoxy) is 1. The lowest BCUT2D eigenvalue weighted by atomic mass is 9.88. The van der Waals surface area contributed by atoms with E-state index in [9.17, 15) is 4.79 Å². The Hall–Kier alpha value is -2.76. The van der Waals surface area contributed by atoms with Crippen LogP contribution in [0.3, 0.4) is 0 Å². The fraction of sp³-hybridized carbons (Fsp3) is 0.333. The van der Waals surface area contributed by atoms with Gasteiger partial charge in [0, 0.05) is 30.3 Å². The van der Waals surface area contributed by atoms with Gasteiger partial charge in [0.25, 0.3) is 5.91 Å². The first-order valence-corrected chi connectivity index (χ1v) is 8.16. The number of rotatable bonds is 4. The van der Waals surface area contributed by atoms with Gasteiger partial charge in [-0.25, -0.2) is 4.98 Å². The van der Waals surface area contributed by atoms with Crippen molar-refractivity contribution in [3.8, 4) is 11.6 Å². The van der Waals surface area contributed by atoms with Gasteiger partial charge in [-0.15, -0.1) is 0 Å². The van der Waals surface area contributed by atoms with E-state index in [1.165, 1.54) is 0 Å². The molecule has 1 N–H and O–H groups in total. The number of para-hydroxylation sites is 1. The Morgan fingerprint density at radius 3 is 2.83 bits per heavy atom. The molecular formula is C18H18N4O2. The first-order valence-electron chi connectivity index (χ1n) is 8.16. The number of carbonyl (C=O) groups excluding carboxylic acids is 1. The SMILES string of the molecule is O=C(NC1CCCC2(C1)N=N2)c1ccnc(Oc2ccccc2)c1. The fourth-order valence-electron chi connectivity index (χ4n) is 3.09. The highest BCUT2D eigenvalue weighted by molar-refractivity contribution is 5.94. The molecule has 1 spiro atoms. The Balaban J connectivity index is 1.42. The highest BCUT2D eigenvalue weighted by atomic mass is 16.5. The summed E-state index contributed by atoms with van der Waals surface area (Å²) in [6.07, 6.45) is 5.40. The third kappa shape index (κ3) is 3.27. The number of carbonyl (C=O) groups is 1. The number of amides is 1. The topological polar surface area (TPSA) is 75.9 Å². The summed E-state index contributed by atoms with van der Waals surface area (Å²) in [5, 5.41) is 11.3. The molecule has 6 nitrogen and oxygen atoms in total. The quantitative estimate of drug-likeness (QED) is 0.932. The van der Waals surface area contributed by atoms with E-state index >= 15 is 0 Å². The molecule has 1 aliphatic carbocycles. The predicted octanol–water partition coefficient (Wildman–Crippen LogP) is 3.71. The minimum absolute atomic E-state index is 0.113. The third-order valence-electron chi connectivity index (χ3n) is 4.38. The minimum atomic E-state index is -0.198. The Labute approximate surface area is 140 Å². The Bertz CT molecular complexity index is 770. The van der Waals surface area contributed by atoms with Crippen LogP contribution in [0.25, 0.3) is 0 Å². The average molecular weight is 322 g/mol. The number of aromatic nitrogens is 1. The largest absolute Gasteiger partial charge is 0.439 e. The van der Waals surface area contributed by atoms with Gasteiger partial charge < -0.3 is 10.1 Å². The van der Waals surface area contributed by atoms with E-state index in [1.807, 2.05) is 30.3 Å². The molecule has 1 amide bonds. The van der Waals surface area contributed by atoms with Crippen molar-refractivity contribution in [2.24, 2.45) is 10.2 Å². The van der Waals surface area contributed by atoms with E-state index in [0.29, 0.717) is 17.2 Å². The normalized spacial score (nSPS) is 20.6. The van der Waals surface area contributed by atoms with E-state index < -0.39 is 0 Å². The maximum absolute atomic E-state index is 12.5. The molecule has 2 heterocycles. The second-order valence-electron chi connectivity index (χ2n) is 6.25. The van der Waals surface area contributed by atoms with Crippen molar-refractivity contribution in [1.82, 2.24) is 10.3 Å². The predicted molar refractivity (Wildman–Crippen MR) is 88.1 cm³/mol. The molecule has 0 bridgehead atoms. The molecule has 122 valence electrons. The molecule has 2 aliphatic rings. The molecule has 0 saturated heterocycles. The molecule has 0 radical (unpaired) electrons. The van der Waals surface area contributed by atoms with E-state index in [0.717, 1.165) is 25.7 Å². The standard InChI is InChI=1S/C18H18N4O2/c23-17(20-14-5-4-9-18(12-14)21-22-18)13-8-10-19-16(11-13)24-15-6-2-1-3-7-15/h1-3,6-8,10-11,14H,4-5,9,12H2,(H,20,23). The van der Waals surface area contributed by atoms with Crippen LogP contribution >= 0.6 is 0 Å². The van der Waals surface area contributed by atoms with Gasteiger partial charge in [-0.05, 0) is 37.5 Å². The molecule has 1 unspecified atom stereocenters. The first-order chi connectivity index (χ1) is 11.7. The van der Waals surface area contributed by atoms with Crippen molar-refractivity contribution in [1.29, 1.82) is 0 Å². The molecule has 6 heteroatoms. The second kappa shape index (κ2) is 6.03. The minimum Gasteiger partial charge on any atom is -0.439 e. The molecule has 1 aromatic heterocycles. The van der Waals surface area contributed by atoms with Gasteiger partial charge >= 0.3 is 0 Å². The van der Waals surface area contributed by atoms with Crippen LogP contribution in [0.5, 0.6) is 11.6 Å². The number of nitrogens with zero attached hydrogens (tertiary/aromatic N) is 3. The van der Waals surface area contributed by atoms with E-state index in [4.69, 9.17) is 4.74 Å². The summed E-state index contributed by atoms with van der Waals surface area (Å²) in [6, 6.07) is 12.9. The lowest BCUT2D eigenvalue weighted by molar-refractivity contribution is 0.0922. The fourth-order valence-corrected chi connectivity index (χ4v) is 3.09. The van der Waals surface area contributed by atoms with Crippen molar-refractivity contribution in [2.75, 3.05) is 0 Å². The molecule has 1 fully saturated rings. The molecule has 1 aliphatic heterocycles. The van der Waals surface area contributed by atoms with Gasteiger partial charge in [-0.1, -0.05) is 18.2 Å². The summed E-state index contributed by atoms with van der Waals surface area (Å²) >= 11 is 0. The van der Waals surface area contributed by atoms with Gasteiger partial charge in [-0.2, -0.15) is 10.2 Å². The number of hydrogen-bond donors (Lipinski definition) is 1. The summed E-state index contributed by atoms with van der Waals surface area (Å²) < 4.78 is 5.68. The Kier molecular flexibility index (Phi) is 3.72. The van der Waals surface area contributed by atoms with Crippen molar-refractivity contribution < 1.29 is 9.53 Å². The van der Waals surface area contributed by atoms with Gasteiger partial charge in [0.2, 0.25) is 5.88 Å². The van der Waals surface area contributed by atoms with E-state index in [2.05, 4.69) is 20.5 Å². The molecule has 1 aromatic carbocycles. The van der Waals surface area contributed by atoms with Crippen LogP contribution < -0.4 is 10.1 Å². The zero-order chi connectivity index (χ0) is 16.4. The Morgan fingerprint density at radius 2 is 2.04 bits per heavy atom. The van der Waals surface area contributed by atoms with Crippen LogP contribution in [-0.4, -0.2) is 22.6 Å². The van der Waals surface area contributed by atoms with Crippen molar-refractivity contribution in [2.45, 2.75) is 37.4 Å². The van der Waals surface area contributed by atoms with Gasteiger partial charge in [-0.3, -0.25) is 4.79 Å². The third-order valence-corrected chi connectivity index (χ3v) is 4.38. The van der Waals surface area contributed by atoms with Crippen LogP contribution in [-0.2, 0) is 0 Å². The smallest absolute Gasteiger partial charge is 0.251 e. The van der Waals surface area contributed by atoms with Crippen molar-refractivity contribution >= 4 is 5.91 Å². The maximum Gasteiger partial charge on any atom is 0.251 e. The summed E-state index contributed by atoms with van der Waals surface area (Å²) in [7, 11) is 0. The maximum atomic E-state index is 12.5. The zero-order valence-electron chi connectivity index (χ0n) is 13.2. The zero-order valence-corrected chi connectivity index (χ0v) is 13.2. The summed E-state index contributed by atoms with van der Waals surface area (Å²) in [4.78, 5) is 16.7. The van der Waals surface area contributed by atoms with Crippen LogP contribution in [0, 0.1) is 0 Å². The molecular weight excluding hydrogens is 304 g/mol. The monoisotopic (exact) mass is 322 g/mol. The number of pyridine rings is 1. The van der Waals surface area contributed by atoms with Crippen LogP contribution in [0.15, 0.2) is 58.9 Å². The van der Waals surface area contributed by atoms with Gasteiger partial charge in [0.1, 0.15) is 5.75 Å². The average Bonchev–Trinajstić information content (AvgIpc) is 3.34. The number of benzene rings is 1. The Morgan fingerprint density at radius 1 is 1.21 bits per heavy atom. The lowest BCUT2D eigenvalue weighted by Gasteiger charge is -2.26. The molecule has 2 aromatic rings. The van der Waals surface area contributed by atoms with Crippen molar-refractivity contribution in [3.05, 3.63) is 54.2 Å². The molecule has 4 rings (SSSR count).